The molecule has 1 heterocycles. The van der Waals surface area contributed by atoms with E-state index in [1.54, 1.807) is 6.92 Å². The number of carbonyl (C=O) groups excluding carboxylic acids is 2. The number of nitrogens with one attached hydrogen (secondary N) is 3. The molecule has 0 radical (unpaired) electrons. The highest BCUT2D eigenvalue weighted by Gasteiger charge is 2.29. The molecule has 4 N–H and O–H groups in total. The molecule has 2 amide bonds. The monoisotopic (exact) mass is 635 g/mol. The van der Waals surface area contributed by atoms with E-state index < -0.39 is 17.8 Å². The van der Waals surface area contributed by atoms with E-state index in [4.69, 9.17) is 4.74 Å². The van der Waals surface area contributed by atoms with E-state index in [0.29, 0.717) is 34.1 Å². The third kappa shape index (κ3) is 18.8. The number of hydrogen-bond donors (Lipinski definition) is 4. The molecule has 0 saturated carbocycles. The minimum absolute atomic E-state index is 0.309. The molecule has 1 rings (SSSR count). The van der Waals surface area contributed by atoms with Crippen molar-refractivity contribution < 1.29 is 19.4 Å². The number of rotatable bonds is 25. The molecule has 8 heteroatoms. The number of anilines is 1. The van der Waals surface area contributed by atoms with Crippen LogP contribution in [-0.2, 0) is 4.74 Å². The van der Waals surface area contributed by atoms with E-state index in [9.17, 15) is 14.7 Å². The van der Waals surface area contributed by atoms with Gasteiger partial charge in [0.1, 0.15) is 16.8 Å². The minimum Gasteiger partial charge on any atom is -0.456 e. The van der Waals surface area contributed by atoms with Gasteiger partial charge in [-0.25, -0.2) is 9.59 Å². The lowest BCUT2D eigenvalue weighted by Crippen LogP contribution is -2.30. The summed E-state index contributed by atoms with van der Waals surface area (Å²) >= 11 is 1.23. The minimum atomic E-state index is -0.913. The van der Waals surface area contributed by atoms with Crippen LogP contribution in [0.15, 0.2) is 12.2 Å². The van der Waals surface area contributed by atoms with Gasteiger partial charge in [0.05, 0.1) is 10.4 Å². The van der Waals surface area contributed by atoms with Gasteiger partial charge in [0, 0.05) is 6.54 Å². The molecule has 1 aromatic rings. The summed E-state index contributed by atoms with van der Waals surface area (Å²) in [7, 11) is 0. The number of allylic oxidation sites excluding steroid dienone is 2. The fourth-order valence-corrected chi connectivity index (χ4v) is 6.34. The highest BCUT2D eigenvalue weighted by molar-refractivity contribution is 7.17. The van der Waals surface area contributed by atoms with Crippen LogP contribution < -0.4 is 16.0 Å². The maximum absolute atomic E-state index is 13.1. The van der Waals surface area contributed by atoms with Crippen LogP contribution in [0.5, 0.6) is 0 Å². The number of aliphatic hydroxyl groups excluding tert-OH is 1. The van der Waals surface area contributed by atoms with Gasteiger partial charge >= 0.3 is 12.0 Å². The maximum Gasteiger partial charge on any atom is 0.341 e. The molecule has 0 saturated heterocycles. The van der Waals surface area contributed by atoms with Crippen molar-refractivity contribution in [3.05, 3.63) is 28.2 Å². The van der Waals surface area contributed by atoms with E-state index in [1.807, 2.05) is 20.8 Å². The molecule has 0 spiro atoms. The lowest BCUT2D eigenvalue weighted by molar-refractivity contribution is 0.00703. The van der Waals surface area contributed by atoms with Gasteiger partial charge in [-0.2, -0.15) is 0 Å². The molecule has 0 fully saturated rings. The number of ether oxygens (including phenoxy) is 1. The number of hydrogen-bond acceptors (Lipinski definition) is 6. The first-order valence-electron chi connectivity index (χ1n) is 17.5. The highest BCUT2D eigenvalue weighted by Crippen LogP contribution is 2.37. The van der Waals surface area contributed by atoms with E-state index in [1.165, 1.54) is 101 Å². The van der Waals surface area contributed by atoms with Crippen LogP contribution in [0.2, 0.25) is 0 Å². The third-order valence-corrected chi connectivity index (χ3v) is 8.96. The van der Waals surface area contributed by atoms with Gasteiger partial charge in [-0.15, -0.1) is 11.3 Å². The summed E-state index contributed by atoms with van der Waals surface area (Å²) in [4.78, 5) is 26.5. The van der Waals surface area contributed by atoms with E-state index >= 15 is 0 Å². The molecular weight excluding hydrogens is 570 g/mol. The van der Waals surface area contributed by atoms with E-state index in [-0.39, 0.29) is 6.03 Å². The van der Waals surface area contributed by atoms with Gasteiger partial charge in [0.15, 0.2) is 0 Å². The topological polar surface area (TPSA) is 99.7 Å². The molecule has 1 unspecified atom stereocenters. The van der Waals surface area contributed by atoms with E-state index in [0.717, 1.165) is 25.7 Å². The number of amides is 2. The zero-order valence-corrected chi connectivity index (χ0v) is 29.8. The average Bonchev–Trinajstić information content (AvgIpc) is 3.29. The second-order valence-corrected chi connectivity index (χ2v) is 14.1. The molecule has 254 valence electrons. The summed E-state index contributed by atoms with van der Waals surface area (Å²) in [5.41, 5.74) is 0.266. The lowest BCUT2D eigenvalue weighted by Gasteiger charge is -2.20. The Morgan fingerprint density at radius 3 is 1.91 bits per heavy atom. The summed E-state index contributed by atoms with van der Waals surface area (Å²) in [6.45, 7) is 12.8. The molecule has 0 bridgehead atoms. The third-order valence-electron chi connectivity index (χ3n) is 7.70. The summed E-state index contributed by atoms with van der Waals surface area (Å²) < 4.78 is 5.65. The van der Waals surface area contributed by atoms with Crippen LogP contribution in [0.4, 0.5) is 9.80 Å². The Morgan fingerprint density at radius 2 is 1.36 bits per heavy atom. The molecule has 1 aromatic heterocycles. The zero-order chi connectivity index (χ0) is 32.6. The first-order chi connectivity index (χ1) is 21.1. The van der Waals surface area contributed by atoms with Crippen molar-refractivity contribution in [2.24, 2.45) is 0 Å². The second kappa shape index (κ2) is 24.3. The van der Waals surface area contributed by atoms with Gasteiger partial charge in [-0.1, -0.05) is 109 Å². The zero-order valence-electron chi connectivity index (χ0n) is 29.0. The number of carbonyl (C=O) groups is 2. The molecule has 0 aromatic carbocycles. The highest BCUT2D eigenvalue weighted by atomic mass is 32.1. The smallest absolute Gasteiger partial charge is 0.341 e. The van der Waals surface area contributed by atoms with Crippen molar-refractivity contribution in [3.63, 3.8) is 0 Å². The molecule has 1 atom stereocenters. The number of thiophene rings is 1. The van der Waals surface area contributed by atoms with Crippen molar-refractivity contribution in [1.82, 2.24) is 10.6 Å². The van der Waals surface area contributed by atoms with Crippen molar-refractivity contribution in [1.29, 1.82) is 0 Å². The summed E-state index contributed by atoms with van der Waals surface area (Å²) in [6, 6.07) is -0.345. The SMILES string of the molecule is C/C=C/CCCCCCCCCCCCCNC(=O)Nc1sc(C(O)NCCCCCCCC)c(C)c1C(=O)OC(C)(C)C. The largest absolute Gasteiger partial charge is 0.456 e. The van der Waals surface area contributed by atoms with Gasteiger partial charge in [0.25, 0.3) is 0 Å². The van der Waals surface area contributed by atoms with Gasteiger partial charge in [-0.05, 0) is 72.4 Å². The van der Waals surface area contributed by atoms with Crippen LogP contribution in [-0.4, -0.2) is 35.8 Å². The Labute approximate surface area is 273 Å². The Hall–Kier alpha value is -1.90. The second-order valence-electron chi connectivity index (χ2n) is 13.0. The van der Waals surface area contributed by atoms with Crippen LogP contribution in [0.25, 0.3) is 0 Å². The normalized spacial score (nSPS) is 12.5. The van der Waals surface area contributed by atoms with Gasteiger partial charge in [-0.3, -0.25) is 10.6 Å². The molecule has 0 aliphatic heterocycles. The molecule has 7 nitrogen and oxygen atoms in total. The fraction of sp³-hybridized carbons (Fsp3) is 0.778. The molecule has 0 aliphatic carbocycles. The predicted molar refractivity (Wildman–Crippen MR) is 188 cm³/mol. The average molecular weight is 636 g/mol. The van der Waals surface area contributed by atoms with Crippen LogP contribution >= 0.6 is 11.3 Å². The molecular formula is C36H65N3O4S. The van der Waals surface area contributed by atoms with Gasteiger partial charge in [0.2, 0.25) is 0 Å². The Balaban J connectivity index is 2.47. The standard InChI is InChI=1S/C36H65N3O4S/c1-7-9-11-13-15-16-17-18-19-20-21-22-24-26-28-38-35(42)39-33-30(34(41)43-36(4,5)6)29(3)31(44-33)32(40)37-27-25-23-14-12-10-8-2/h7,9,32,37,40H,8,10-28H2,1-6H3,(H2,38,39,42)/b9-7+. The summed E-state index contributed by atoms with van der Waals surface area (Å²) in [5.74, 6) is -0.500. The fourth-order valence-electron chi connectivity index (χ4n) is 5.19. The Bertz CT molecular complexity index is 939. The van der Waals surface area contributed by atoms with Crippen molar-refractivity contribution in [2.45, 2.75) is 169 Å². The number of urea groups is 1. The molecule has 44 heavy (non-hydrogen) atoms. The van der Waals surface area contributed by atoms with E-state index in [2.05, 4.69) is 41.9 Å². The Morgan fingerprint density at radius 1 is 0.841 bits per heavy atom. The van der Waals surface area contributed by atoms with Crippen molar-refractivity contribution in [3.8, 4) is 0 Å². The number of unbranched alkanes of at least 4 members (excludes halogenated alkanes) is 16. The summed E-state index contributed by atoms with van der Waals surface area (Å²) in [6.07, 6.45) is 25.5. The Kier molecular flexibility index (Phi) is 22.2. The molecule has 0 aliphatic rings. The van der Waals surface area contributed by atoms with Crippen LogP contribution in [0.3, 0.4) is 0 Å². The first kappa shape index (κ1) is 40.1. The van der Waals surface area contributed by atoms with Crippen molar-refractivity contribution >= 4 is 28.3 Å². The van der Waals surface area contributed by atoms with Crippen LogP contribution in [0.1, 0.15) is 177 Å². The summed E-state index contributed by atoms with van der Waals surface area (Å²) in [5, 5.41) is 20.3. The van der Waals surface area contributed by atoms with Crippen molar-refractivity contribution in [2.75, 3.05) is 18.4 Å². The lowest BCUT2D eigenvalue weighted by atomic mass is 10.1. The van der Waals surface area contributed by atoms with Crippen LogP contribution in [0, 0.1) is 6.92 Å². The number of aliphatic hydroxyl groups is 1. The van der Waals surface area contributed by atoms with Gasteiger partial charge < -0.3 is 15.2 Å². The maximum atomic E-state index is 13.1. The predicted octanol–water partition coefficient (Wildman–Crippen LogP) is 10.3. The number of esters is 1. The first-order valence-corrected chi connectivity index (χ1v) is 18.4. The quantitative estimate of drug-likeness (QED) is 0.0371.